The summed E-state index contributed by atoms with van der Waals surface area (Å²) in [5.41, 5.74) is 3.61. The van der Waals surface area contributed by atoms with Crippen molar-refractivity contribution in [2.75, 3.05) is 17.2 Å². The molecule has 4 nitrogen and oxygen atoms in total. The van der Waals surface area contributed by atoms with Crippen LogP contribution in [-0.4, -0.2) is 17.7 Å². The number of urea groups is 1. The topological polar surface area (TPSA) is 61.4 Å². The van der Waals surface area contributed by atoms with Crippen LogP contribution in [0.1, 0.15) is 30.9 Å². The van der Waals surface area contributed by atoms with Crippen LogP contribution in [0.5, 0.6) is 0 Å². The Morgan fingerprint density at radius 2 is 1.73 bits per heavy atom. The summed E-state index contributed by atoms with van der Waals surface area (Å²) in [6, 6.07) is 15.0. The molecule has 0 aliphatic rings. The number of rotatable bonds is 5. The lowest BCUT2D eigenvalue weighted by atomic mass is 10.0. The maximum atomic E-state index is 12.1. The molecule has 0 radical (unpaired) electrons. The van der Waals surface area contributed by atoms with E-state index in [-0.39, 0.29) is 12.6 Å². The maximum Gasteiger partial charge on any atom is 0.323 e. The van der Waals surface area contributed by atoms with Gasteiger partial charge < -0.3 is 15.7 Å². The summed E-state index contributed by atoms with van der Waals surface area (Å²) in [6.07, 6.45) is 0.513. The highest BCUT2D eigenvalue weighted by atomic mass is 16.3. The highest BCUT2D eigenvalue weighted by molar-refractivity contribution is 6.00. The van der Waals surface area contributed by atoms with Crippen LogP contribution in [0.3, 0.4) is 0 Å². The molecule has 0 saturated carbocycles. The summed E-state index contributed by atoms with van der Waals surface area (Å²) in [5.74, 6) is 0.466. The van der Waals surface area contributed by atoms with Gasteiger partial charge in [-0.05, 0) is 41.7 Å². The van der Waals surface area contributed by atoms with E-state index in [4.69, 9.17) is 5.11 Å². The zero-order valence-electron chi connectivity index (χ0n) is 13.0. The fourth-order valence-corrected chi connectivity index (χ4v) is 2.22. The number of hydrogen-bond acceptors (Lipinski definition) is 2. The minimum atomic E-state index is -0.289. The SMILES string of the molecule is CC(C)c1ccc(NC(=O)Nc2ccccc2CCO)cc1. The Labute approximate surface area is 131 Å². The van der Waals surface area contributed by atoms with Gasteiger partial charge in [-0.2, -0.15) is 0 Å². The predicted molar refractivity (Wildman–Crippen MR) is 90.4 cm³/mol. The van der Waals surface area contributed by atoms with Crippen LogP contribution in [0.15, 0.2) is 48.5 Å². The summed E-state index contributed by atoms with van der Waals surface area (Å²) in [6.45, 7) is 4.32. The van der Waals surface area contributed by atoms with Crippen molar-refractivity contribution in [3.63, 3.8) is 0 Å². The van der Waals surface area contributed by atoms with E-state index in [9.17, 15) is 4.79 Å². The van der Waals surface area contributed by atoms with Gasteiger partial charge in [0, 0.05) is 18.0 Å². The van der Waals surface area contributed by atoms with E-state index >= 15 is 0 Å². The first-order valence-corrected chi connectivity index (χ1v) is 7.47. The summed E-state index contributed by atoms with van der Waals surface area (Å²) >= 11 is 0. The first kappa shape index (κ1) is 16.0. The molecule has 22 heavy (non-hydrogen) atoms. The third-order valence-electron chi connectivity index (χ3n) is 3.48. The molecule has 2 aromatic carbocycles. The smallest absolute Gasteiger partial charge is 0.323 e. The number of anilines is 2. The molecule has 116 valence electrons. The largest absolute Gasteiger partial charge is 0.396 e. The number of amides is 2. The fourth-order valence-electron chi connectivity index (χ4n) is 2.22. The van der Waals surface area contributed by atoms with E-state index in [1.807, 2.05) is 48.5 Å². The maximum absolute atomic E-state index is 12.1. The van der Waals surface area contributed by atoms with Crippen LogP contribution >= 0.6 is 0 Å². The van der Waals surface area contributed by atoms with Crippen molar-refractivity contribution in [1.29, 1.82) is 0 Å². The molecule has 0 aliphatic heterocycles. The van der Waals surface area contributed by atoms with Crippen LogP contribution in [0.25, 0.3) is 0 Å². The third-order valence-corrected chi connectivity index (χ3v) is 3.48. The molecule has 2 amide bonds. The second-order valence-corrected chi connectivity index (χ2v) is 5.49. The van der Waals surface area contributed by atoms with Crippen LogP contribution in [0, 0.1) is 0 Å². The first-order valence-electron chi connectivity index (χ1n) is 7.47. The molecule has 0 heterocycles. The molecule has 0 saturated heterocycles. The van der Waals surface area contributed by atoms with Crippen molar-refractivity contribution in [3.8, 4) is 0 Å². The van der Waals surface area contributed by atoms with Gasteiger partial charge in [-0.15, -0.1) is 0 Å². The van der Waals surface area contributed by atoms with Crippen LogP contribution in [0.2, 0.25) is 0 Å². The number of benzene rings is 2. The van der Waals surface area contributed by atoms with E-state index in [1.54, 1.807) is 0 Å². The van der Waals surface area contributed by atoms with Gasteiger partial charge in [-0.25, -0.2) is 4.79 Å². The van der Waals surface area contributed by atoms with Crippen LogP contribution < -0.4 is 10.6 Å². The summed E-state index contributed by atoms with van der Waals surface area (Å²) in [4.78, 5) is 12.1. The molecule has 0 bridgehead atoms. The number of nitrogens with one attached hydrogen (secondary N) is 2. The number of para-hydroxylation sites is 1. The molecule has 3 N–H and O–H groups in total. The van der Waals surface area contributed by atoms with E-state index in [0.717, 1.165) is 11.3 Å². The number of aliphatic hydroxyl groups is 1. The lowest BCUT2D eigenvalue weighted by Crippen LogP contribution is -2.20. The molecule has 2 rings (SSSR count). The van der Waals surface area contributed by atoms with Gasteiger partial charge in [0.15, 0.2) is 0 Å². The molecule has 2 aromatic rings. The van der Waals surface area contributed by atoms with Gasteiger partial charge in [-0.1, -0.05) is 44.2 Å². The lowest BCUT2D eigenvalue weighted by Gasteiger charge is -2.12. The molecular formula is C18H22N2O2. The second-order valence-electron chi connectivity index (χ2n) is 5.49. The van der Waals surface area contributed by atoms with Gasteiger partial charge in [0.2, 0.25) is 0 Å². The first-order chi connectivity index (χ1) is 10.6. The normalized spacial score (nSPS) is 10.5. The van der Waals surface area contributed by atoms with E-state index in [2.05, 4.69) is 24.5 Å². The highest BCUT2D eigenvalue weighted by Gasteiger charge is 2.07. The zero-order valence-corrected chi connectivity index (χ0v) is 13.0. The minimum Gasteiger partial charge on any atom is -0.396 e. The van der Waals surface area contributed by atoms with Gasteiger partial charge in [0.25, 0.3) is 0 Å². The number of carbonyl (C=O) groups is 1. The molecular weight excluding hydrogens is 276 g/mol. The van der Waals surface area contributed by atoms with Crippen molar-refractivity contribution in [3.05, 3.63) is 59.7 Å². The molecule has 4 heteroatoms. The Balaban J connectivity index is 2.01. The number of carbonyl (C=O) groups excluding carboxylic acids is 1. The van der Waals surface area contributed by atoms with Gasteiger partial charge in [-0.3, -0.25) is 0 Å². The van der Waals surface area contributed by atoms with Crippen molar-refractivity contribution in [2.45, 2.75) is 26.2 Å². The van der Waals surface area contributed by atoms with Crippen molar-refractivity contribution < 1.29 is 9.90 Å². The third kappa shape index (κ3) is 4.33. The van der Waals surface area contributed by atoms with E-state index in [0.29, 0.717) is 18.0 Å². The molecule has 0 spiro atoms. The molecule has 0 aromatic heterocycles. The second kappa shape index (κ2) is 7.61. The molecule has 0 atom stereocenters. The average molecular weight is 298 g/mol. The van der Waals surface area contributed by atoms with Gasteiger partial charge >= 0.3 is 6.03 Å². The van der Waals surface area contributed by atoms with Crippen LogP contribution in [0.4, 0.5) is 16.2 Å². The van der Waals surface area contributed by atoms with Crippen molar-refractivity contribution in [2.24, 2.45) is 0 Å². The Kier molecular flexibility index (Phi) is 5.55. The van der Waals surface area contributed by atoms with E-state index in [1.165, 1.54) is 5.56 Å². The summed E-state index contributed by atoms with van der Waals surface area (Å²) < 4.78 is 0. The molecule has 0 aliphatic carbocycles. The van der Waals surface area contributed by atoms with E-state index < -0.39 is 0 Å². The average Bonchev–Trinajstić information content (AvgIpc) is 2.50. The molecule has 0 unspecified atom stereocenters. The van der Waals surface area contributed by atoms with Crippen molar-refractivity contribution in [1.82, 2.24) is 0 Å². The van der Waals surface area contributed by atoms with Crippen molar-refractivity contribution >= 4 is 17.4 Å². The van der Waals surface area contributed by atoms with Gasteiger partial charge in [0.05, 0.1) is 0 Å². The number of aliphatic hydroxyl groups excluding tert-OH is 1. The Morgan fingerprint density at radius 1 is 1.05 bits per heavy atom. The van der Waals surface area contributed by atoms with Crippen LogP contribution in [-0.2, 0) is 6.42 Å². The Morgan fingerprint density at radius 3 is 2.36 bits per heavy atom. The molecule has 0 fully saturated rings. The fraction of sp³-hybridized carbons (Fsp3) is 0.278. The Bertz CT molecular complexity index is 621. The highest BCUT2D eigenvalue weighted by Crippen LogP contribution is 2.18. The summed E-state index contributed by atoms with van der Waals surface area (Å²) in [7, 11) is 0. The zero-order chi connectivity index (χ0) is 15.9. The number of hydrogen-bond donors (Lipinski definition) is 3. The monoisotopic (exact) mass is 298 g/mol. The summed E-state index contributed by atoms with van der Waals surface area (Å²) in [5, 5.41) is 14.7. The quantitative estimate of drug-likeness (QED) is 0.781. The minimum absolute atomic E-state index is 0.0526. The predicted octanol–water partition coefficient (Wildman–Crippen LogP) is 3.99. The lowest BCUT2D eigenvalue weighted by molar-refractivity contribution is 0.262. The Hall–Kier alpha value is -2.33. The van der Waals surface area contributed by atoms with Gasteiger partial charge in [0.1, 0.15) is 0 Å². The standard InChI is InChI=1S/C18H22N2O2/c1-13(2)14-7-9-16(10-8-14)19-18(22)20-17-6-4-3-5-15(17)11-12-21/h3-10,13,21H,11-12H2,1-2H3,(H2,19,20,22).